The van der Waals surface area contributed by atoms with Crippen molar-refractivity contribution in [2.24, 2.45) is 5.92 Å². The van der Waals surface area contributed by atoms with Crippen molar-refractivity contribution in [3.63, 3.8) is 0 Å². The highest BCUT2D eigenvalue weighted by atomic mass is 16.5. The highest BCUT2D eigenvalue weighted by molar-refractivity contribution is 6.03. The van der Waals surface area contributed by atoms with E-state index in [1.54, 1.807) is 0 Å². The highest BCUT2D eigenvalue weighted by Gasteiger charge is 2.42. The van der Waals surface area contributed by atoms with Gasteiger partial charge in [0.2, 0.25) is 0 Å². The van der Waals surface area contributed by atoms with E-state index < -0.39 is 17.5 Å². The van der Waals surface area contributed by atoms with Gasteiger partial charge in [-0.2, -0.15) is 0 Å². The molecule has 0 amide bonds. The van der Waals surface area contributed by atoms with E-state index in [1.807, 2.05) is 20.8 Å². The van der Waals surface area contributed by atoms with Crippen LogP contribution in [0.5, 0.6) is 0 Å². The third kappa shape index (κ3) is 3.80. The van der Waals surface area contributed by atoms with Gasteiger partial charge in [-0.25, -0.2) is 0 Å². The Balaban J connectivity index is 5.08. The molecule has 1 unspecified atom stereocenters. The minimum Gasteiger partial charge on any atom is -0.468 e. The van der Waals surface area contributed by atoms with Gasteiger partial charge in [-0.15, -0.1) is 0 Å². The van der Waals surface area contributed by atoms with E-state index in [9.17, 15) is 9.59 Å². The summed E-state index contributed by atoms with van der Waals surface area (Å²) in [5.41, 5.74) is -0.855. The summed E-state index contributed by atoms with van der Waals surface area (Å²) in [5.74, 6) is -1.29. The molecule has 4 nitrogen and oxygen atoms in total. The smallest absolute Gasteiger partial charge is 0.316 e. The van der Waals surface area contributed by atoms with Gasteiger partial charge in [-0.05, 0) is 19.3 Å². The average molecular weight is 258 g/mol. The average Bonchev–Trinajstić information content (AvgIpc) is 2.41. The molecule has 4 heteroatoms. The summed E-state index contributed by atoms with van der Waals surface area (Å²) in [4.78, 5) is 24.3. The Labute approximate surface area is 110 Å². The van der Waals surface area contributed by atoms with Gasteiger partial charge in [0.05, 0.1) is 7.11 Å². The zero-order valence-corrected chi connectivity index (χ0v) is 12.2. The number of unbranched alkanes of at least 4 members (excludes halogenated alkanes) is 1. The number of hydrogen-bond donors (Lipinski definition) is 0. The molecule has 0 heterocycles. The molecule has 0 saturated carbocycles. The Morgan fingerprint density at radius 2 is 1.67 bits per heavy atom. The lowest BCUT2D eigenvalue weighted by molar-refractivity contribution is -0.159. The second-order valence-corrected chi connectivity index (χ2v) is 4.49. The normalized spacial score (nSPS) is 13.2. The Kier molecular flexibility index (Phi) is 7.83. The van der Waals surface area contributed by atoms with Crippen LogP contribution in [0.3, 0.4) is 0 Å². The van der Waals surface area contributed by atoms with Crippen molar-refractivity contribution in [2.75, 3.05) is 14.2 Å². The molecule has 0 N–H and O–H groups in total. The van der Waals surface area contributed by atoms with E-state index in [-0.39, 0.29) is 5.78 Å². The first-order valence-corrected chi connectivity index (χ1v) is 6.70. The Bertz CT molecular complexity index is 261. The van der Waals surface area contributed by atoms with Crippen molar-refractivity contribution < 1.29 is 19.1 Å². The quantitative estimate of drug-likeness (QED) is 0.471. The number of carbonyl (C=O) groups is 2. The van der Waals surface area contributed by atoms with E-state index in [0.717, 1.165) is 12.8 Å². The number of hydrogen-bond acceptors (Lipinski definition) is 4. The second-order valence-electron chi connectivity index (χ2n) is 4.49. The first-order valence-electron chi connectivity index (χ1n) is 6.70. The molecule has 0 spiro atoms. The van der Waals surface area contributed by atoms with Crippen LogP contribution in [0.1, 0.15) is 52.9 Å². The molecule has 0 aromatic carbocycles. The first kappa shape index (κ1) is 17.1. The number of Topliss-reactive ketones (excluding diaryl/α,β-unsaturated/α-hetero) is 1. The molecule has 0 aliphatic heterocycles. The summed E-state index contributed by atoms with van der Waals surface area (Å²) in [6.07, 6.45) is 3.45. The minimum absolute atomic E-state index is 0.143. The van der Waals surface area contributed by atoms with Gasteiger partial charge in [0.1, 0.15) is 11.5 Å². The lowest BCUT2D eigenvalue weighted by atomic mass is 9.82. The SMILES string of the molecule is CCCCC(C(=O)OC)C(=O)C(CC)(CC)OC. The van der Waals surface area contributed by atoms with Gasteiger partial charge in [0.25, 0.3) is 0 Å². The molecule has 0 rings (SSSR count). The summed E-state index contributed by atoms with van der Waals surface area (Å²) < 4.78 is 10.1. The molecular formula is C14H26O4. The third-order valence-electron chi connectivity index (χ3n) is 3.63. The molecule has 0 aromatic rings. The first-order chi connectivity index (χ1) is 8.52. The highest BCUT2D eigenvalue weighted by Crippen LogP contribution is 2.27. The molecule has 18 heavy (non-hydrogen) atoms. The molecule has 0 aliphatic rings. The summed E-state index contributed by atoms with van der Waals surface area (Å²) >= 11 is 0. The van der Waals surface area contributed by atoms with Crippen LogP contribution < -0.4 is 0 Å². The van der Waals surface area contributed by atoms with Crippen LogP contribution in [0.4, 0.5) is 0 Å². The molecule has 0 fully saturated rings. The maximum Gasteiger partial charge on any atom is 0.316 e. The Hall–Kier alpha value is -0.900. The van der Waals surface area contributed by atoms with Crippen LogP contribution in [-0.4, -0.2) is 31.6 Å². The molecular weight excluding hydrogens is 232 g/mol. The molecule has 106 valence electrons. The largest absolute Gasteiger partial charge is 0.468 e. The van der Waals surface area contributed by atoms with Crippen LogP contribution in [0.15, 0.2) is 0 Å². The van der Waals surface area contributed by atoms with Crippen molar-refractivity contribution in [1.82, 2.24) is 0 Å². The zero-order chi connectivity index (χ0) is 14.2. The van der Waals surface area contributed by atoms with Crippen LogP contribution in [0, 0.1) is 5.92 Å². The lowest BCUT2D eigenvalue weighted by Gasteiger charge is -2.31. The zero-order valence-electron chi connectivity index (χ0n) is 12.2. The molecule has 0 aliphatic carbocycles. The predicted octanol–water partition coefficient (Wildman–Crippen LogP) is 2.74. The lowest BCUT2D eigenvalue weighted by Crippen LogP contribution is -2.46. The summed E-state index contributed by atoms with van der Waals surface area (Å²) in [6.45, 7) is 5.83. The van der Waals surface area contributed by atoms with Crippen LogP contribution >= 0.6 is 0 Å². The van der Waals surface area contributed by atoms with Gasteiger partial charge in [-0.1, -0.05) is 33.6 Å². The summed E-state index contributed by atoms with van der Waals surface area (Å²) in [5, 5.41) is 0. The van der Waals surface area contributed by atoms with Crippen molar-refractivity contribution in [3.8, 4) is 0 Å². The van der Waals surface area contributed by atoms with E-state index >= 15 is 0 Å². The van der Waals surface area contributed by atoms with Crippen molar-refractivity contribution in [3.05, 3.63) is 0 Å². The number of methoxy groups -OCH3 is 2. The Morgan fingerprint density at radius 1 is 1.11 bits per heavy atom. The molecule has 0 radical (unpaired) electrons. The van der Waals surface area contributed by atoms with E-state index in [1.165, 1.54) is 14.2 Å². The van der Waals surface area contributed by atoms with Gasteiger partial charge in [0, 0.05) is 7.11 Å². The minimum atomic E-state index is -0.855. The van der Waals surface area contributed by atoms with E-state index in [0.29, 0.717) is 19.3 Å². The topological polar surface area (TPSA) is 52.6 Å². The molecule has 0 aromatic heterocycles. The fourth-order valence-electron chi connectivity index (χ4n) is 2.21. The van der Waals surface area contributed by atoms with Gasteiger partial charge in [-0.3, -0.25) is 9.59 Å². The fraction of sp³-hybridized carbons (Fsp3) is 0.857. The van der Waals surface area contributed by atoms with E-state index in [4.69, 9.17) is 9.47 Å². The van der Waals surface area contributed by atoms with E-state index in [2.05, 4.69) is 0 Å². The fourth-order valence-corrected chi connectivity index (χ4v) is 2.21. The molecule has 0 saturated heterocycles. The van der Waals surface area contributed by atoms with Crippen molar-refractivity contribution in [1.29, 1.82) is 0 Å². The van der Waals surface area contributed by atoms with Crippen LogP contribution in [-0.2, 0) is 19.1 Å². The maximum absolute atomic E-state index is 12.5. The molecule has 0 bridgehead atoms. The number of carbonyl (C=O) groups excluding carboxylic acids is 2. The van der Waals surface area contributed by atoms with Crippen LogP contribution in [0.25, 0.3) is 0 Å². The maximum atomic E-state index is 12.5. The summed E-state index contributed by atoms with van der Waals surface area (Å²) in [6, 6.07) is 0. The standard InChI is InChI=1S/C14H26O4/c1-6-9-10-11(13(16)17-4)12(15)14(7-2,8-3)18-5/h11H,6-10H2,1-5H3. The number of ketones is 1. The predicted molar refractivity (Wildman–Crippen MR) is 70.4 cm³/mol. The number of esters is 1. The second kappa shape index (κ2) is 8.25. The van der Waals surface area contributed by atoms with Crippen LogP contribution in [0.2, 0.25) is 0 Å². The van der Waals surface area contributed by atoms with Gasteiger partial charge in [0.15, 0.2) is 5.78 Å². The third-order valence-corrected chi connectivity index (χ3v) is 3.63. The van der Waals surface area contributed by atoms with Crippen molar-refractivity contribution >= 4 is 11.8 Å². The number of ether oxygens (including phenoxy) is 2. The van der Waals surface area contributed by atoms with Gasteiger partial charge >= 0.3 is 5.97 Å². The van der Waals surface area contributed by atoms with Gasteiger partial charge < -0.3 is 9.47 Å². The summed E-state index contributed by atoms with van der Waals surface area (Å²) in [7, 11) is 2.85. The Morgan fingerprint density at radius 3 is 2.00 bits per heavy atom. The monoisotopic (exact) mass is 258 g/mol. The number of rotatable bonds is 9. The van der Waals surface area contributed by atoms with Crippen molar-refractivity contribution in [2.45, 2.75) is 58.5 Å². The molecule has 1 atom stereocenters.